The molecule has 3 aromatic carbocycles. The number of rotatable bonds is 9. The van der Waals surface area contributed by atoms with Crippen LogP contribution in [0.1, 0.15) is 47.7 Å². The normalized spacial score (nSPS) is 20.6. The molecule has 3 aromatic rings. The second-order valence-electron chi connectivity index (χ2n) is 10.9. The molecule has 0 unspecified atom stereocenters. The van der Waals surface area contributed by atoms with Gasteiger partial charge in [-0.3, -0.25) is 14.4 Å². The van der Waals surface area contributed by atoms with E-state index in [4.69, 9.17) is 5.73 Å². The summed E-state index contributed by atoms with van der Waals surface area (Å²) in [6.07, 6.45) is 5.11. The number of nitrogens with two attached hydrogens (primary N) is 1. The highest BCUT2D eigenvalue weighted by Gasteiger charge is 2.52. The van der Waals surface area contributed by atoms with Crippen LogP contribution in [0.15, 0.2) is 84.9 Å². The Kier molecular flexibility index (Phi) is 8.42. The SMILES string of the molecule is C[C@H](/C=C/CC(=O)N1CCC[C@H]1CO)[C@@]1(O)C(=O)N(Cc2ccccc2)c2ccc(NC(=O)c3ccc(N)cc3)cc21. The zero-order valence-corrected chi connectivity index (χ0v) is 23.6. The van der Waals surface area contributed by atoms with Gasteiger partial charge in [-0.2, -0.15) is 0 Å². The minimum Gasteiger partial charge on any atom is -0.399 e. The fraction of sp³-hybridized carbons (Fsp3) is 0.303. The van der Waals surface area contributed by atoms with Crippen LogP contribution in [0.25, 0.3) is 0 Å². The maximum atomic E-state index is 13.9. The fourth-order valence-corrected chi connectivity index (χ4v) is 5.77. The summed E-state index contributed by atoms with van der Waals surface area (Å²) in [6.45, 7) is 2.55. The van der Waals surface area contributed by atoms with Crippen molar-refractivity contribution in [1.82, 2.24) is 4.90 Å². The van der Waals surface area contributed by atoms with Crippen molar-refractivity contribution in [3.8, 4) is 0 Å². The lowest BCUT2D eigenvalue weighted by Crippen LogP contribution is -2.44. The Hall–Kier alpha value is -4.47. The first-order valence-electron chi connectivity index (χ1n) is 14.2. The van der Waals surface area contributed by atoms with E-state index in [9.17, 15) is 24.6 Å². The molecule has 3 amide bonds. The molecule has 218 valence electrons. The molecule has 9 heteroatoms. The first-order valence-corrected chi connectivity index (χ1v) is 14.2. The molecule has 2 aliphatic heterocycles. The van der Waals surface area contributed by atoms with Crippen LogP contribution in [0, 0.1) is 5.92 Å². The molecule has 42 heavy (non-hydrogen) atoms. The molecule has 3 atom stereocenters. The van der Waals surface area contributed by atoms with Crippen LogP contribution >= 0.6 is 0 Å². The maximum Gasteiger partial charge on any atom is 0.264 e. The first kappa shape index (κ1) is 29.0. The molecule has 0 saturated carbocycles. The van der Waals surface area contributed by atoms with Gasteiger partial charge in [0.15, 0.2) is 5.60 Å². The summed E-state index contributed by atoms with van der Waals surface area (Å²) in [6, 6.07) is 21.0. The second kappa shape index (κ2) is 12.2. The molecule has 0 bridgehead atoms. The molecule has 0 radical (unpaired) electrons. The number of aliphatic hydroxyl groups excluding tert-OH is 1. The van der Waals surface area contributed by atoms with Gasteiger partial charge in [0, 0.05) is 41.4 Å². The average Bonchev–Trinajstić information content (AvgIpc) is 3.56. The molecule has 0 aliphatic carbocycles. The third-order valence-electron chi connectivity index (χ3n) is 8.17. The maximum absolute atomic E-state index is 13.9. The summed E-state index contributed by atoms with van der Waals surface area (Å²) < 4.78 is 0. The van der Waals surface area contributed by atoms with E-state index in [-0.39, 0.29) is 37.4 Å². The number of nitrogens with one attached hydrogen (secondary N) is 1. The highest BCUT2D eigenvalue weighted by Crippen LogP contribution is 2.47. The van der Waals surface area contributed by atoms with E-state index >= 15 is 0 Å². The third kappa shape index (κ3) is 5.66. The Morgan fingerprint density at radius 1 is 1.12 bits per heavy atom. The van der Waals surface area contributed by atoms with Crippen LogP contribution in [0.3, 0.4) is 0 Å². The molecule has 2 heterocycles. The van der Waals surface area contributed by atoms with Gasteiger partial charge >= 0.3 is 0 Å². The van der Waals surface area contributed by atoms with Gasteiger partial charge in [0.25, 0.3) is 11.8 Å². The zero-order chi connectivity index (χ0) is 29.9. The monoisotopic (exact) mass is 568 g/mol. The van der Waals surface area contributed by atoms with E-state index in [2.05, 4.69) is 5.32 Å². The number of fused-ring (bicyclic) bond motifs is 1. The van der Waals surface area contributed by atoms with Crippen molar-refractivity contribution in [1.29, 1.82) is 0 Å². The number of hydrogen-bond donors (Lipinski definition) is 4. The van der Waals surface area contributed by atoms with Crippen molar-refractivity contribution in [2.45, 2.75) is 44.4 Å². The topological polar surface area (TPSA) is 136 Å². The number of carbonyl (C=O) groups excluding carboxylic acids is 3. The number of hydrogen-bond acceptors (Lipinski definition) is 6. The summed E-state index contributed by atoms with van der Waals surface area (Å²) >= 11 is 0. The molecule has 2 aliphatic rings. The second-order valence-corrected chi connectivity index (χ2v) is 10.9. The number of aliphatic hydroxyl groups is 2. The highest BCUT2D eigenvalue weighted by atomic mass is 16.3. The van der Waals surface area contributed by atoms with Crippen molar-refractivity contribution < 1.29 is 24.6 Å². The minimum atomic E-state index is -1.92. The van der Waals surface area contributed by atoms with Crippen LogP contribution in [-0.4, -0.2) is 52.0 Å². The molecule has 1 fully saturated rings. The molecular formula is C33H36N4O5. The number of nitrogens with zero attached hydrogens (tertiary/aromatic N) is 2. The third-order valence-corrected chi connectivity index (χ3v) is 8.17. The zero-order valence-electron chi connectivity index (χ0n) is 23.6. The lowest BCUT2D eigenvalue weighted by atomic mass is 9.82. The minimum absolute atomic E-state index is 0.0641. The molecular weight excluding hydrogens is 532 g/mol. The Morgan fingerprint density at radius 3 is 2.57 bits per heavy atom. The van der Waals surface area contributed by atoms with E-state index in [0.29, 0.717) is 34.7 Å². The van der Waals surface area contributed by atoms with Gasteiger partial charge in [0.05, 0.1) is 24.9 Å². The summed E-state index contributed by atoms with van der Waals surface area (Å²) in [7, 11) is 0. The predicted octanol–water partition coefficient (Wildman–Crippen LogP) is 3.82. The van der Waals surface area contributed by atoms with E-state index in [0.717, 1.165) is 18.4 Å². The number of carbonyl (C=O) groups is 3. The number of amides is 3. The van der Waals surface area contributed by atoms with Gasteiger partial charge in [-0.25, -0.2) is 0 Å². The van der Waals surface area contributed by atoms with Crippen LogP contribution < -0.4 is 16.0 Å². The summed E-state index contributed by atoms with van der Waals surface area (Å²) in [4.78, 5) is 42.9. The molecule has 1 saturated heterocycles. The van der Waals surface area contributed by atoms with Gasteiger partial charge < -0.3 is 31.1 Å². The molecule has 9 nitrogen and oxygen atoms in total. The largest absolute Gasteiger partial charge is 0.399 e. The Morgan fingerprint density at radius 2 is 1.86 bits per heavy atom. The van der Waals surface area contributed by atoms with Gasteiger partial charge in [0.2, 0.25) is 5.91 Å². The quantitative estimate of drug-likeness (QED) is 0.229. The number of anilines is 3. The van der Waals surface area contributed by atoms with Crippen molar-refractivity contribution in [3.63, 3.8) is 0 Å². The summed E-state index contributed by atoms with van der Waals surface area (Å²) in [5.74, 6) is -1.61. The van der Waals surface area contributed by atoms with Gasteiger partial charge in [-0.05, 0) is 60.9 Å². The molecule has 0 aromatic heterocycles. The van der Waals surface area contributed by atoms with Crippen molar-refractivity contribution in [2.75, 3.05) is 29.1 Å². The van der Waals surface area contributed by atoms with Crippen LogP contribution in [-0.2, 0) is 21.7 Å². The van der Waals surface area contributed by atoms with Crippen LogP contribution in [0.4, 0.5) is 17.1 Å². The first-order chi connectivity index (χ1) is 20.2. The van der Waals surface area contributed by atoms with E-state index in [1.54, 1.807) is 71.3 Å². The number of nitrogen functional groups attached to an aromatic ring is 1. The van der Waals surface area contributed by atoms with E-state index < -0.39 is 17.4 Å². The smallest absolute Gasteiger partial charge is 0.264 e. The van der Waals surface area contributed by atoms with Crippen LogP contribution in [0.5, 0.6) is 0 Å². The van der Waals surface area contributed by atoms with Crippen molar-refractivity contribution in [3.05, 3.63) is 102 Å². The lowest BCUT2D eigenvalue weighted by molar-refractivity contribution is -0.139. The van der Waals surface area contributed by atoms with Crippen LogP contribution in [0.2, 0.25) is 0 Å². The van der Waals surface area contributed by atoms with Gasteiger partial charge in [-0.1, -0.05) is 49.4 Å². The highest BCUT2D eigenvalue weighted by molar-refractivity contribution is 6.09. The van der Waals surface area contributed by atoms with Gasteiger partial charge in [0.1, 0.15) is 0 Å². The van der Waals surface area contributed by atoms with Crippen molar-refractivity contribution in [2.24, 2.45) is 5.92 Å². The molecule has 5 rings (SSSR count). The lowest BCUT2D eigenvalue weighted by Gasteiger charge is -2.28. The van der Waals surface area contributed by atoms with Crippen molar-refractivity contribution >= 4 is 34.8 Å². The van der Waals surface area contributed by atoms with E-state index in [1.165, 1.54) is 0 Å². The molecule has 5 N–H and O–H groups in total. The Labute approximate surface area is 245 Å². The Balaban J connectivity index is 1.42. The fourth-order valence-electron chi connectivity index (χ4n) is 5.77. The summed E-state index contributed by atoms with van der Waals surface area (Å²) in [5.41, 5.74) is 7.05. The summed E-state index contributed by atoms with van der Waals surface area (Å²) in [5, 5.41) is 24.5. The van der Waals surface area contributed by atoms with E-state index in [1.807, 2.05) is 30.3 Å². The number of likely N-dealkylation sites (tertiary alicyclic amines) is 1. The average molecular weight is 569 g/mol. The predicted molar refractivity (Wildman–Crippen MR) is 162 cm³/mol. The van der Waals surface area contributed by atoms with Gasteiger partial charge in [-0.15, -0.1) is 0 Å². The number of benzene rings is 3. The Bertz CT molecular complexity index is 1490. The standard InChI is InChI=1S/C33H36N4O5/c1-22(7-5-11-30(39)36-18-6-10-27(36)21-38)33(42)28-19-26(35-31(40)24-12-14-25(34)15-13-24)16-17-29(28)37(32(33)41)20-23-8-3-2-4-9-23/h2-5,7-9,12-17,19,22,27,38,42H,6,10-11,18,20-21,34H2,1H3,(H,35,40)/b7-5+/t22-,27+,33+/m1/s1. The molecule has 0 spiro atoms.